The lowest BCUT2D eigenvalue weighted by molar-refractivity contribution is 0.243. The Morgan fingerprint density at radius 1 is 1.26 bits per heavy atom. The van der Waals surface area contributed by atoms with E-state index < -0.39 is 0 Å². The molecule has 0 bridgehead atoms. The lowest BCUT2D eigenvalue weighted by Crippen LogP contribution is -2.44. The summed E-state index contributed by atoms with van der Waals surface area (Å²) in [5, 5.41) is 4.13. The molecule has 1 aromatic rings. The third-order valence-electron chi connectivity index (χ3n) is 3.82. The molecule has 0 saturated carbocycles. The number of hydrogen-bond acceptors (Lipinski definition) is 3. The highest BCUT2D eigenvalue weighted by atomic mass is 35.5. The number of ether oxygens (including phenoxy) is 1. The van der Waals surface area contributed by atoms with Gasteiger partial charge in [-0.25, -0.2) is 0 Å². The third kappa shape index (κ3) is 3.41. The number of benzene rings is 1. The van der Waals surface area contributed by atoms with Crippen molar-refractivity contribution in [3.63, 3.8) is 0 Å². The number of hydrogen-bond donors (Lipinski definition) is 1. The van der Waals surface area contributed by atoms with Gasteiger partial charge >= 0.3 is 0 Å². The summed E-state index contributed by atoms with van der Waals surface area (Å²) in [5.74, 6) is 0.856. The van der Waals surface area contributed by atoms with E-state index in [1.807, 2.05) is 6.92 Å². The van der Waals surface area contributed by atoms with Crippen LogP contribution in [0.25, 0.3) is 0 Å². The van der Waals surface area contributed by atoms with Crippen LogP contribution in [0.3, 0.4) is 0 Å². The molecule has 0 atom stereocenters. The Morgan fingerprint density at radius 3 is 2.58 bits per heavy atom. The maximum Gasteiger partial charge on any atom is 0.141 e. The minimum absolute atomic E-state index is 0.753. The Balaban J connectivity index is 2.12. The van der Waals surface area contributed by atoms with E-state index in [9.17, 15) is 0 Å². The summed E-state index contributed by atoms with van der Waals surface area (Å²) in [6, 6.07) is 2.15. The molecule has 1 aliphatic heterocycles. The van der Waals surface area contributed by atoms with Gasteiger partial charge < -0.3 is 15.0 Å². The zero-order valence-electron chi connectivity index (χ0n) is 12.1. The van der Waals surface area contributed by atoms with Gasteiger partial charge in [0.05, 0.1) is 12.1 Å². The predicted molar refractivity (Wildman–Crippen MR) is 80.5 cm³/mol. The molecule has 1 aromatic carbocycles. The minimum atomic E-state index is 0.753. The molecular weight excluding hydrogens is 260 g/mol. The van der Waals surface area contributed by atoms with Crippen LogP contribution in [0.15, 0.2) is 6.07 Å². The fraction of sp³-hybridized carbons (Fsp3) is 0.600. The highest BCUT2D eigenvalue weighted by Crippen LogP contribution is 2.34. The van der Waals surface area contributed by atoms with Crippen molar-refractivity contribution in [2.75, 3.05) is 39.8 Å². The quantitative estimate of drug-likeness (QED) is 0.918. The molecule has 106 valence electrons. The van der Waals surface area contributed by atoms with Crippen molar-refractivity contribution in [3.8, 4) is 5.75 Å². The Labute approximate surface area is 120 Å². The lowest BCUT2D eigenvalue weighted by atomic mass is 10.0. The first-order chi connectivity index (χ1) is 9.13. The molecule has 0 amide bonds. The fourth-order valence-corrected chi connectivity index (χ4v) is 2.94. The first kappa shape index (κ1) is 14.6. The van der Waals surface area contributed by atoms with Crippen molar-refractivity contribution in [1.29, 1.82) is 0 Å². The minimum Gasteiger partial charge on any atom is -0.495 e. The Bertz CT molecular complexity index is 442. The van der Waals surface area contributed by atoms with Crippen molar-refractivity contribution in [2.24, 2.45) is 0 Å². The molecule has 0 radical (unpaired) electrons. The summed E-state index contributed by atoms with van der Waals surface area (Å²) in [4.78, 5) is 2.49. The third-order valence-corrected chi connectivity index (χ3v) is 4.29. The average molecular weight is 283 g/mol. The Morgan fingerprint density at radius 2 is 1.95 bits per heavy atom. The van der Waals surface area contributed by atoms with Crippen LogP contribution in [0.1, 0.15) is 16.7 Å². The maximum atomic E-state index is 6.34. The van der Waals surface area contributed by atoms with E-state index >= 15 is 0 Å². The molecular formula is C15H23ClN2O. The second-order valence-electron chi connectivity index (χ2n) is 5.18. The van der Waals surface area contributed by atoms with E-state index in [2.05, 4.69) is 23.2 Å². The van der Waals surface area contributed by atoms with Crippen LogP contribution in [-0.4, -0.2) is 44.7 Å². The monoisotopic (exact) mass is 282 g/mol. The maximum absolute atomic E-state index is 6.34. The number of nitrogens with one attached hydrogen (secondary N) is 1. The molecule has 2 rings (SSSR count). The van der Waals surface area contributed by atoms with Gasteiger partial charge in [0.1, 0.15) is 5.75 Å². The van der Waals surface area contributed by atoms with Crippen molar-refractivity contribution in [1.82, 2.24) is 10.2 Å². The van der Waals surface area contributed by atoms with Gasteiger partial charge in [0.2, 0.25) is 0 Å². The van der Waals surface area contributed by atoms with Crippen LogP contribution in [0.5, 0.6) is 5.75 Å². The summed E-state index contributed by atoms with van der Waals surface area (Å²) in [7, 11) is 1.70. The van der Waals surface area contributed by atoms with Gasteiger partial charge in [0.15, 0.2) is 0 Å². The Kier molecular flexibility index (Phi) is 5.08. The van der Waals surface area contributed by atoms with Gasteiger partial charge in [-0.2, -0.15) is 0 Å². The average Bonchev–Trinajstić information content (AvgIpc) is 2.42. The van der Waals surface area contributed by atoms with E-state index in [1.54, 1.807) is 7.11 Å². The summed E-state index contributed by atoms with van der Waals surface area (Å²) >= 11 is 6.34. The summed E-state index contributed by atoms with van der Waals surface area (Å²) < 4.78 is 5.51. The number of rotatable bonds is 4. The van der Waals surface area contributed by atoms with Gasteiger partial charge in [-0.3, -0.25) is 0 Å². The van der Waals surface area contributed by atoms with Gasteiger partial charge in [0, 0.05) is 32.7 Å². The fourth-order valence-electron chi connectivity index (χ4n) is 2.69. The molecule has 0 aromatic heterocycles. The molecule has 0 aliphatic carbocycles. The van der Waals surface area contributed by atoms with Crippen LogP contribution in [-0.2, 0) is 6.42 Å². The zero-order chi connectivity index (χ0) is 13.8. The van der Waals surface area contributed by atoms with Crippen molar-refractivity contribution >= 4 is 11.6 Å². The number of aryl methyl sites for hydroxylation is 2. The molecule has 3 nitrogen and oxygen atoms in total. The molecule has 1 heterocycles. The summed E-state index contributed by atoms with van der Waals surface area (Å²) in [6.45, 7) is 9.66. The number of methoxy groups -OCH3 is 1. The van der Waals surface area contributed by atoms with Crippen LogP contribution >= 0.6 is 11.6 Å². The van der Waals surface area contributed by atoms with E-state index in [-0.39, 0.29) is 0 Å². The standard InChI is InChI=1S/C15H23ClN2O/c1-11-10-12(2)14(16)15(19-3)13(11)4-7-18-8-5-17-6-9-18/h10,17H,4-9H2,1-3H3. The van der Waals surface area contributed by atoms with Crippen molar-refractivity contribution in [3.05, 3.63) is 27.8 Å². The predicted octanol–water partition coefficient (Wildman–Crippen LogP) is 2.41. The van der Waals surface area contributed by atoms with Crippen molar-refractivity contribution in [2.45, 2.75) is 20.3 Å². The van der Waals surface area contributed by atoms with Crippen LogP contribution in [0.2, 0.25) is 5.02 Å². The topological polar surface area (TPSA) is 24.5 Å². The molecule has 19 heavy (non-hydrogen) atoms. The van der Waals surface area contributed by atoms with Crippen LogP contribution in [0.4, 0.5) is 0 Å². The van der Waals surface area contributed by atoms with Gasteiger partial charge in [-0.15, -0.1) is 0 Å². The Hall–Kier alpha value is -0.770. The van der Waals surface area contributed by atoms with Crippen molar-refractivity contribution < 1.29 is 4.74 Å². The molecule has 1 N–H and O–H groups in total. The van der Waals surface area contributed by atoms with E-state index in [0.29, 0.717) is 0 Å². The summed E-state index contributed by atoms with van der Waals surface area (Å²) in [5.41, 5.74) is 3.60. The normalized spacial score (nSPS) is 16.6. The highest BCUT2D eigenvalue weighted by Gasteiger charge is 2.16. The second-order valence-corrected chi connectivity index (χ2v) is 5.56. The molecule has 1 saturated heterocycles. The molecule has 4 heteroatoms. The SMILES string of the molecule is COc1c(Cl)c(C)cc(C)c1CCN1CCNCC1. The lowest BCUT2D eigenvalue weighted by Gasteiger charge is -2.27. The largest absolute Gasteiger partial charge is 0.495 e. The second kappa shape index (κ2) is 6.60. The van der Waals surface area contributed by atoms with E-state index in [4.69, 9.17) is 16.3 Å². The first-order valence-corrected chi connectivity index (χ1v) is 7.27. The molecule has 0 spiro atoms. The van der Waals surface area contributed by atoms with Gasteiger partial charge in [0.25, 0.3) is 0 Å². The molecule has 0 unspecified atom stereocenters. The van der Waals surface area contributed by atoms with Crippen LogP contribution in [0, 0.1) is 13.8 Å². The zero-order valence-corrected chi connectivity index (χ0v) is 12.8. The summed E-state index contributed by atoms with van der Waals surface area (Å²) in [6.07, 6.45) is 0.995. The number of nitrogens with zero attached hydrogens (tertiary/aromatic N) is 1. The first-order valence-electron chi connectivity index (χ1n) is 6.89. The molecule has 1 fully saturated rings. The van der Waals surface area contributed by atoms with E-state index in [1.165, 1.54) is 11.1 Å². The van der Waals surface area contributed by atoms with E-state index in [0.717, 1.165) is 55.5 Å². The highest BCUT2D eigenvalue weighted by molar-refractivity contribution is 6.33. The number of piperazine rings is 1. The van der Waals surface area contributed by atoms with Gasteiger partial charge in [-0.1, -0.05) is 17.7 Å². The molecule has 1 aliphatic rings. The number of halogens is 1. The van der Waals surface area contributed by atoms with Gasteiger partial charge in [-0.05, 0) is 37.0 Å². The van der Waals surface area contributed by atoms with Crippen LogP contribution < -0.4 is 10.1 Å². The smallest absolute Gasteiger partial charge is 0.141 e.